The van der Waals surface area contributed by atoms with Crippen LogP contribution in [0.3, 0.4) is 0 Å². The molecule has 0 saturated heterocycles. The first-order valence-electron chi connectivity index (χ1n) is 5.02. The van der Waals surface area contributed by atoms with Crippen molar-refractivity contribution in [1.29, 1.82) is 0 Å². The van der Waals surface area contributed by atoms with Crippen molar-refractivity contribution in [1.82, 2.24) is 9.97 Å². The average molecular weight is 256 g/mol. The number of rotatable bonds is 4. The maximum atomic E-state index is 4.31. The minimum atomic E-state index is 0.683. The molecule has 0 atom stereocenters. The normalized spacial score (nSPS) is 16.4. The maximum Gasteiger partial charge on any atom is 0.129 e. The zero-order valence-electron chi connectivity index (χ0n) is 8.04. The minimum absolute atomic E-state index is 0.683. The van der Waals surface area contributed by atoms with Gasteiger partial charge >= 0.3 is 0 Å². The van der Waals surface area contributed by atoms with Crippen LogP contribution in [0, 0.1) is 0 Å². The molecule has 0 unspecified atom stereocenters. The van der Waals surface area contributed by atoms with Crippen LogP contribution >= 0.6 is 15.9 Å². The second-order valence-electron chi connectivity index (χ2n) is 3.57. The van der Waals surface area contributed by atoms with Crippen molar-refractivity contribution < 1.29 is 0 Å². The van der Waals surface area contributed by atoms with E-state index >= 15 is 0 Å². The van der Waals surface area contributed by atoms with Gasteiger partial charge in [0.2, 0.25) is 0 Å². The van der Waals surface area contributed by atoms with Crippen molar-refractivity contribution in [2.24, 2.45) is 0 Å². The van der Waals surface area contributed by atoms with E-state index in [1.165, 1.54) is 25.0 Å². The molecule has 14 heavy (non-hydrogen) atoms. The Hall–Kier alpha value is -0.640. The van der Waals surface area contributed by atoms with E-state index in [2.05, 4.69) is 37.3 Å². The van der Waals surface area contributed by atoms with Crippen molar-refractivity contribution in [3.05, 3.63) is 18.1 Å². The van der Waals surface area contributed by atoms with Crippen LogP contribution < -0.4 is 5.32 Å². The summed E-state index contributed by atoms with van der Waals surface area (Å²) in [7, 11) is 0. The fraction of sp³-hybridized carbons (Fsp3) is 0.600. The first-order valence-corrected chi connectivity index (χ1v) is 6.14. The third kappa shape index (κ3) is 2.23. The van der Waals surface area contributed by atoms with Crippen molar-refractivity contribution >= 4 is 21.7 Å². The predicted molar refractivity (Wildman–Crippen MR) is 60.9 cm³/mol. The fourth-order valence-corrected chi connectivity index (χ4v) is 1.77. The molecule has 1 saturated carbocycles. The smallest absolute Gasteiger partial charge is 0.129 e. The highest BCUT2D eigenvalue weighted by atomic mass is 79.9. The lowest BCUT2D eigenvalue weighted by molar-refractivity contribution is 0.411. The molecular formula is C10H14BrN3. The lowest BCUT2D eigenvalue weighted by Crippen LogP contribution is -2.12. The molecule has 1 aliphatic rings. The molecule has 0 amide bonds. The van der Waals surface area contributed by atoms with Crippen LogP contribution in [-0.4, -0.2) is 21.8 Å². The molecule has 1 heterocycles. The average Bonchev–Trinajstić information content (AvgIpc) is 2.13. The second kappa shape index (κ2) is 4.73. The van der Waals surface area contributed by atoms with E-state index < -0.39 is 0 Å². The van der Waals surface area contributed by atoms with Gasteiger partial charge in [0.25, 0.3) is 0 Å². The summed E-state index contributed by atoms with van der Waals surface area (Å²) in [5.74, 6) is 1.63. The quantitative estimate of drug-likeness (QED) is 0.841. The van der Waals surface area contributed by atoms with Gasteiger partial charge in [0.1, 0.15) is 12.1 Å². The Bertz CT molecular complexity index is 299. The van der Waals surface area contributed by atoms with Gasteiger partial charge in [0, 0.05) is 29.6 Å². The molecule has 1 aliphatic carbocycles. The van der Waals surface area contributed by atoms with Gasteiger partial charge in [-0.1, -0.05) is 22.4 Å². The van der Waals surface area contributed by atoms with Crippen LogP contribution in [0.15, 0.2) is 12.4 Å². The molecule has 1 aromatic rings. The number of nitrogens with one attached hydrogen (secondary N) is 1. The van der Waals surface area contributed by atoms with Crippen LogP contribution in [-0.2, 0) is 0 Å². The fourth-order valence-electron chi connectivity index (χ4n) is 1.57. The number of halogens is 1. The van der Waals surface area contributed by atoms with Crippen molar-refractivity contribution in [2.75, 3.05) is 17.2 Å². The molecular weight excluding hydrogens is 242 g/mol. The van der Waals surface area contributed by atoms with Gasteiger partial charge in [-0.05, 0) is 12.8 Å². The Labute approximate surface area is 92.5 Å². The van der Waals surface area contributed by atoms with Crippen LogP contribution in [0.25, 0.3) is 0 Å². The van der Waals surface area contributed by atoms with E-state index in [0.29, 0.717) is 5.92 Å². The first kappa shape index (κ1) is 9.90. The van der Waals surface area contributed by atoms with Crippen LogP contribution in [0.5, 0.6) is 0 Å². The summed E-state index contributed by atoms with van der Waals surface area (Å²) in [5.41, 5.74) is 1.20. The van der Waals surface area contributed by atoms with Gasteiger partial charge in [0.15, 0.2) is 0 Å². The Morgan fingerprint density at radius 2 is 2.29 bits per heavy atom. The zero-order valence-corrected chi connectivity index (χ0v) is 9.63. The summed E-state index contributed by atoms with van der Waals surface area (Å²) in [6.45, 7) is 0.904. The summed E-state index contributed by atoms with van der Waals surface area (Å²) < 4.78 is 0. The van der Waals surface area contributed by atoms with Gasteiger partial charge < -0.3 is 5.32 Å². The summed E-state index contributed by atoms with van der Waals surface area (Å²) in [6.07, 6.45) is 5.58. The SMILES string of the molecule is BrCCNc1cc(C2CCC2)ncn1. The van der Waals surface area contributed by atoms with E-state index in [-0.39, 0.29) is 0 Å². The highest BCUT2D eigenvalue weighted by Gasteiger charge is 2.20. The molecule has 4 heteroatoms. The van der Waals surface area contributed by atoms with Crippen LogP contribution in [0.1, 0.15) is 30.9 Å². The predicted octanol–water partition coefficient (Wildman–Crippen LogP) is 2.55. The Balaban J connectivity index is 2.02. The molecule has 1 fully saturated rings. The van der Waals surface area contributed by atoms with Gasteiger partial charge in [-0.2, -0.15) is 0 Å². The maximum absolute atomic E-state index is 4.31. The van der Waals surface area contributed by atoms with Crippen molar-refractivity contribution in [2.45, 2.75) is 25.2 Å². The monoisotopic (exact) mass is 255 g/mol. The van der Waals surface area contributed by atoms with Crippen molar-refractivity contribution in [3.63, 3.8) is 0 Å². The first-order chi connectivity index (χ1) is 6.90. The van der Waals surface area contributed by atoms with Gasteiger partial charge in [0.05, 0.1) is 0 Å². The third-order valence-electron chi connectivity index (χ3n) is 2.61. The zero-order chi connectivity index (χ0) is 9.80. The lowest BCUT2D eigenvalue weighted by Gasteiger charge is -2.24. The van der Waals surface area contributed by atoms with Crippen LogP contribution in [0.2, 0.25) is 0 Å². The molecule has 0 spiro atoms. The molecule has 1 N–H and O–H groups in total. The number of anilines is 1. The van der Waals surface area contributed by atoms with E-state index in [9.17, 15) is 0 Å². The number of aromatic nitrogens is 2. The summed E-state index contributed by atoms with van der Waals surface area (Å²) in [4.78, 5) is 8.48. The molecule has 0 bridgehead atoms. The van der Waals surface area contributed by atoms with E-state index in [1.54, 1.807) is 6.33 Å². The molecule has 0 aromatic carbocycles. The highest BCUT2D eigenvalue weighted by molar-refractivity contribution is 9.09. The van der Waals surface area contributed by atoms with E-state index in [4.69, 9.17) is 0 Å². The summed E-state index contributed by atoms with van der Waals surface area (Å²) >= 11 is 3.37. The minimum Gasteiger partial charge on any atom is -0.369 e. The Morgan fingerprint density at radius 3 is 2.93 bits per heavy atom. The highest BCUT2D eigenvalue weighted by Crippen LogP contribution is 2.35. The number of nitrogens with zero attached hydrogens (tertiary/aromatic N) is 2. The van der Waals surface area contributed by atoms with Gasteiger partial charge in [-0.25, -0.2) is 9.97 Å². The Kier molecular flexibility index (Phi) is 3.35. The largest absolute Gasteiger partial charge is 0.369 e. The Morgan fingerprint density at radius 1 is 1.43 bits per heavy atom. The van der Waals surface area contributed by atoms with E-state index in [0.717, 1.165) is 17.7 Å². The van der Waals surface area contributed by atoms with Crippen LogP contribution in [0.4, 0.5) is 5.82 Å². The van der Waals surface area contributed by atoms with Crippen molar-refractivity contribution in [3.8, 4) is 0 Å². The summed E-state index contributed by atoms with van der Waals surface area (Å²) in [5, 5.41) is 4.18. The third-order valence-corrected chi connectivity index (χ3v) is 3.01. The van der Waals surface area contributed by atoms with Gasteiger partial charge in [-0.15, -0.1) is 0 Å². The second-order valence-corrected chi connectivity index (χ2v) is 4.36. The number of hydrogen-bond donors (Lipinski definition) is 1. The lowest BCUT2D eigenvalue weighted by atomic mass is 9.83. The number of alkyl halides is 1. The number of hydrogen-bond acceptors (Lipinski definition) is 3. The standard InChI is InChI=1S/C10H14BrN3/c11-4-5-12-10-6-9(13-7-14-10)8-2-1-3-8/h6-8H,1-5H2,(H,12,13,14). The molecule has 76 valence electrons. The van der Waals surface area contributed by atoms with Gasteiger partial charge in [-0.3, -0.25) is 0 Å². The molecule has 2 rings (SSSR count). The molecule has 0 radical (unpaired) electrons. The molecule has 0 aliphatic heterocycles. The molecule has 1 aromatic heterocycles. The topological polar surface area (TPSA) is 37.8 Å². The summed E-state index contributed by atoms with van der Waals surface area (Å²) in [6, 6.07) is 2.08. The molecule has 3 nitrogen and oxygen atoms in total. The van der Waals surface area contributed by atoms with E-state index in [1.807, 2.05) is 0 Å².